The third-order valence-electron chi connectivity index (χ3n) is 1.12. The number of hydrogen-bond acceptors (Lipinski definition) is 4. The van der Waals surface area contributed by atoms with Crippen molar-refractivity contribution < 1.29 is 19.7 Å². The van der Waals surface area contributed by atoms with Crippen molar-refractivity contribution >= 4 is 5.78 Å². The van der Waals surface area contributed by atoms with E-state index < -0.39 is 18.0 Å². The van der Waals surface area contributed by atoms with E-state index in [0.717, 1.165) is 0 Å². The van der Waals surface area contributed by atoms with Gasteiger partial charge in [-0.2, -0.15) is 0 Å². The lowest BCUT2D eigenvalue weighted by atomic mass is 10.1. The van der Waals surface area contributed by atoms with Crippen LogP contribution < -0.4 is 0 Å². The first-order valence-electron chi connectivity index (χ1n) is 2.95. The molecular weight excluding hydrogens is 136 g/mol. The number of carbonyl (C=O) groups excluding carboxylic acids is 1. The third-order valence-corrected chi connectivity index (χ3v) is 1.12. The predicted molar refractivity (Wildman–Crippen MR) is 34.6 cm³/mol. The Morgan fingerprint density at radius 2 is 2.10 bits per heavy atom. The molecule has 0 fully saturated rings. The maximum atomic E-state index is 10.4. The fourth-order valence-electron chi connectivity index (χ4n) is 0.533. The Hall–Kier alpha value is -0.450. The second-order valence-electron chi connectivity index (χ2n) is 2.08. The van der Waals surface area contributed by atoms with Crippen LogP contribution in [0.15, 0.2) is 0 Å². The summed E-state index contributed by atoms with van der Waals surface area (Å²) in [5, 5.41) is 17.7. The van der Waals surface area contributed by atoms with Gasteiger partial charge in [-0.15, -0.1) is 0 Å². The first-order valence-corrected chi connectivity index (χ1v) is 2.95. The molecule has 2 unspecified atom stereocenters. The minimum atomic E-state index is -1.32. The molecule has 4 nitrogen and oxygen atoms in total. The number of aliphatic hydroxyl groups excluding tert-OH is 2. The Morgan fingerprint density at radius 1 is 1.60 bits per heavy atom. The van der Waals surface area contributed by atoms with Gasteiger partial charge in [0.15, 0.2) is 5.78 Å². The van der Waals surface area contributed by atoms with E-state index in [4.69, 9.17) is 10.2 Å². The highest BCUT2D eigenvalue weighted by Gasteiger charge is 2.19. The smallest absolute Gasteiger partial charge is 0.160 e. The van der Waals surface area contributed by atoms with Crippen molar-refractivity contribution in [1.29, 1.82) is 0 Å². The Bertz CT molecular complexity index is 112. The first kappa shape index (κ1) is 9.55. The molecule has 0 aromatic carbocycles. The molecule has 10 heavy (non-hydrogen) atoms. The molecule has 0 aliphatic carbocycles. The zero-order valence-electron chi connectivity index (χ0n) is 6.07. The first-order chi connectivity index (χ1) is 4.59. The van der Waals surface area contributed by atoms with Crippen molar-refractivity contribution in [1.82, 2.24) is 0 Å². The molecule has 0 aliphatic heterocycles. The van der Waals surface area contributed by atoms with E-state index in [2.05, 4.69) is 4.74 Å². The molecule has 0 aliphatic rings. The number of ketones is 1. The van der Waals surface area contributed by atoms with Crippen LogP contribution in [0, 0.1) is 0 Å². The lowest BCUT2D eigenvalue weighted by Crippen LogP contribution is -2.35. The maximum absolute atomic E-state index is 10.4. The fourth-order valence-corrected chi connectivity index (χ4v) is 0.533. The van der Waals surface area contributed by atoms with Crippen molar-refractivity contribution in [3.05, 3.63) is 0 Å². The molecule has 0 heterocycles. The molecule has 0 spiro atoms. The molecule has 60 valence electrons. The topological polar surface area (TPSA) is 66.8 Å². The van der Waals surface area contributed by atoms with Crippen LogP contribution in [-0.4, -0.2) is 41.9 Å². The highest BCUT2D eigenvalue weighted by Crippen LogP contribution is 1.94. The van der Waals surface area contributed by atoms with E-state index in [9.17, 15) is 4.79 Å². The summed E-state index contributed by atoms with van der Waals surface area (Å²) in [6, 6.07) is 0. The van der Waals surface area contributed by atoms with Crippen LogP contribution >= 0.6 is 0 Å². The zero-order valence-corrected chi connectivity index (χ0v) is 6.07. The van der Waals surface area contributed by atoms with Crippen molar-refractivity contribution in [2.75, 3.05) is 13.7 Å². The van der Waals surface area contributed by atoms with Gasteiger partial charge in [-0.3, -0.25) is 4.79 Å². The van der Waals surface area contributed by atoms with E-state index in [1.54, 1.807) is 0 Å². The van der Waals surface area contributed by atoms with Gasteiger partial charge in [-0.25, -0.2) is 0 Å². The number of ether oxygens (including phenoxy) is 1. The monoisotopic (exact) mass is 148 g/mol. The minimum absolute atomic E-state index is 0.0270. The van der Waals surface area contributed by atoms with Crippen LogP contribution in [0.25, 0.3) is 0 Å². The number of aliphatic hydroxyl groups is 2. The number of hydrogen-bond donors (Lipinski definition) is 2. The molecule has 0 aromatic heterocycles. The van der Waals surface area contributed by atoms with Crippen LogP contribution in [0.4, 0.5) is 0 Å². The van der Waals surface area contributed by atoms with E-state index >= 15 is 0 Å². The SMILES string of the molecule is COCC(O)C(O)C(C)=O. The van der Waals surface area contributed by atoms with Gasteiger partial charge in [0.2, 0.25) is 0 Å². The summed E-state index contributed by atoms with van der Waals surface area (Å²) < 4.78 is 4.51. The van der Waals surface area contributed by atoms with Crippen LogP contribution in [0.5, 0.6) is 0 Å². The average Bonchev–Trinajstić information content (AvgIpc) is 1.87. The molecule has 2 atom stereocenters. The van der Waals surface area contributed by atoms with Crippen LogP contribution in [-0.2, 0) is 9.53 Å². The number of Topliss-reactive ketones (excluding diaryl/α,β-unsaturated/α-hetero) is 1. The van der Waals surface area contributed by atoms with Crippen molar-refractivity contribution in [2.24, 2.45) is 0 Å². The molecular formula is C6H12O4. The lowest BCUT2D eigenvalue weighted by Gasteiger charge is -2.13. The van der Waals surface area contributed by atoms with Gasteiger partial charge in [0.1, 0.15) is 12.2 Å². The second-order valence-corrected chi connectivity index (χ2v) is 2.08. The Labute approximate surface area is 59.4 Å². The van der Waals surface area contributed by atoms with Crippen LogP contribution in [0.2, 0.25) is 0 Å². The molecule has 0 saturated carbocycles. The van der Waals surface area contributed by atoms with Gasteiger partial charge in [-0.05, 0) is 6.92 Å². The lowest BCUT2D eigenvalue weighted by molar-refractivity contribution is -0.132. The summed E-state index contributed by atoms with van der Waals surface area (Å²) in [5.41, 5.74) is 0. The molecule has 0 aromatic rings. The number of carbonyl (C=O) groups is 1. The number of methoxy groups -OCH3 is 1. The minimum Gasteiger partial charge on any atom is -0.388 e. The van der Waals surface area contributed by atoms with Gasteiger partial charge in [-0.1, -0.05) is 0 Å². The van der Waals surface area contributed by atoms with Crippen LogP contribution in [0.3, 0.4) is 0 Å². The third kappa shape index (κ3) is 2.91. The summed E-state index contributed by atoms with van der Waals surface area (Å²) in [5.74, 6) is -0.454. The standard InChI is InChI=1S/C6H12O4/c1-4(7)6(9)5(8)3-10-2/h5-6,8-9H,3H2,1-2H3. The molecule has 0 amide bonds. The van der Waals surface area contributed by atoms with Crippen molar-refractivity contribution in [3.63, 3.8) is 0 Å². The molecule has 0 radical (unpaired) electrons. The fraction of sp³-hybridized carbons (Fsp3) is 0.833. The average molecular weight is 148 g/mol. The largest absolute Gasteiger partial charge is 0.388 e. The van der Waals surface area contributed by atoms with Gasteiger partial charge in [0.05, 0.1) is 6.61 Å². The van der Waals surface area contributed by atoms with Gasteiger partial charge in [0.25, 0.3) is 0 Å². The summed E-state index contributed by atoms with van der Waals surface area (Å²) in [7, 11) is 1.38. The normalized spacial score (nSPS) is 16.4. The molecule has 2 N–H and O–H groups in total. The predicted octanol–water partition coefficient (Wildman–Crippen LogP) is -1.06. The Kier molecular flexibility index (Phi) is 4.18. The summed E-state index contributed by atoms with van der Waals surface area (Å²) in [6.07, 6.45) is -2.43. The summed E-state index contributed by atoms with van der Waals surface area (Å²) >= 11 is 0. The van der Waals surface area contributed by atoms with Gasteiger partial charge in [0, 0.05) is 7.11 Å². The summed E-state index contributed by atoms with van der Waals surface area (Å²) in [4.78, 5) is 10.4. The summed E-state index contributed by atoms with van der Waals surface area (Å²) in [6.45, 7) is 1.18. The highest BCUT2D eigenvalue weighted by molar-refractivity contribution is 5.80. The van der Waals surface area contributed by atoms with Gasteiger partial charge >= 0.3 is 0 Å². The van der Waals surface area contributed by atoms with Gasteiger partial charge < -0.3 is 14.9 Å². The number of rotatable bonds is 4. The van der Waals surface area contributed by atoms with E-state index in [1.807, 2.05) is 0 Å². The van der Waals surface area contributed by atoms with E-state index in [-0.39, 0.29) is 6.61 Å². The van der Waals surface area contributed by atoms with Crippen molar-refractivity contribution in [2.45, 2.75) is 19.1 Å². The van der Waals surface area contributed by atoms with E-state index in [0.29, 0.717) is 0 Å². The molecule has 4 heteroatoms. The quantitative estimate of drug-likeness (QED) is 0.533. The van der Waals surface area contributed by atoms with Crippen molar-refractivity contribution in [3.8, 4) is 0 Å². The molecule has 0 saturated heterocycles. The van der Waals surface area contributed by atoms with Crippen LogP contribution in [0.1, 0.15) is 6.92 Å². The zero-order chi connectivity index (χ0) is 8.15. The Morgan fingerprint density at radius 3 is 2.40 bits per heavy atom. The molecule has 0 bridgehead atoms. The highest BCUT2D eigenvalue weighted by atomic mass is 16.5. The van der Waals surface area contributed by atoms with E-state index in [1.165, 1.54) is 14.0 Å². The molecule has 0 rings (SSSR count). The Balaban J connectivity index is 3.69. The maximum Gasteiger partial charge on any atom is 0.160 e. The second kappa shape index (κ2) is 4.38.